The Morgan fingerprint density at radius 2 is 2.45 bits per heavy atom. The molecule has 3 N–H and O–H groups in total. The van der Waals surface area contributed by atoms with E-state index in [9.17, 15) is 9.90 Å². The van der Waals surface area contributed by atoms with Crippen LogP contribution in [0.1, 0.15) is 16.1 Å². The molecule has 1 amide bonds. The molecule has 0 aromatic carbocycles. The lowest BCUT2D eigenvalue weighted by atomic mass is 10.1. The van der Waals surface area contributed by atoms with E-state index in [-0.39, 0.29) is 11.8 Å². The number of hydrogen-bond donors (Lipinski definition) is 3. The first-order valence-electron chi connectivity index (χ1n) is 6.63. The second kappa shape index (κ2) is 5.18. The van der Waals surface area contributed by atoms with Crippen LogP contribution in [0.5, 0.6) is 0 Å². The molecular weight excluding hydrogens is 258 g/mol. The van der Waals surface area contributed by atoms with Crippen molar-refractivity contribution in [1.29, 1.82) is 0 Å². The average Bonchev–Trinajstić information content (AvgIpc) is 3.02. The minimum absolute atomic E-state index is 0.0514. The third kappa shape index (κ3) is 2.37. The highest BCUT2D eigenvalue weighted by Gasteiger charge is 2.25. The predicted octanol–water partition coefficient (Wildman–Crippen LogP) is -0.652. The zero-order chi connectivity index (χ0) is 14.1. The molecule has 1 fully saturated rings. The molecule has 20 heavy (non-hydrogen) atoms. The lowest BCUT2D eigenvalue weighted by molar-refractivity contribution is 0.0928. The molecule has 0 bridgehead atoms. The second-order valence-electron chi connectivity index (χ2n) is 5.09. The maximum Gasteiger partial charge on any atom is 0.256 e. The van der Waals surface area contributed by atoms with Crippen molar-refractivity contribution >= 4 is 11.6 Å². The van der Waals surface area contributed by atoms with Crippen molar-refractivity contribution in [2.45, 2.75) is 13.0 Å². The van der Waals surface area contributed by atoms with Gasteiger partial charge in [-0.15, -0.1) is 0 Å². The van der Waals surface area contributed by atoms with Gasteiger partial charge in [0, 0.05) is 37.4 Å². The van der Waals surface area contributed by atoms with Crippen LogP contribution >= 0.6 is 0 Å². The Morgan fingerprint density at radius 1 is 1.60 bits per heavy atom. The Kier molecular flexibility index (Phi) is 3.37. The molecular formula is C13H17N5O2. The predicted molar refractivity (Wildman–Crippen MR) is 72.4 cm³/mol. The second-order valence-corrected chi connectivity index (χ2v) is 5.09. The molecule has 0 aliphatic carbocycles. The Hall–Kier alpha value is -1.99. The molecule has 0 spiro atoms. The number of carbonyl (C=O) groups is 1. The van der Waals surface area contributed by atoms with Gasteiger partial charge in [0.1, 0.15) is 5.56 Å². The zero-order valence-corrected chi connectivity index (χ0v) is 11.2. The molecule has 2 unspecified atom stereocenters. The summed E-state index contributed by atoms with van der Waals surface area (Å²) in [4.78, 5) is 16.5. The van der Waals surface area contributed by atoms with Crippen molar-refractivity contribution in [1.82, 2.24) is 25.2 Å². The van der Waals surface area contributed by atoms with Gasteiger partial charge in [-0.3, -0.25) is 4.79 Å². The van der Waals surface area contributed by atoms with E-state index in [1.54, 1.807) is 10.7 Å². The molecule has 1 aliphatic heterocycles. The van der Waals surface area contributed by atoms with E-state index in [0.29, 0.717) is 30.8 Å². The fourth-order valence-corrected chi connectivity index (χ4v) is 2.37. The largest absolute Gasteiger partial charge is 0.391 e. The molecule has 7 heteroatoms. The normalized spacial score (nSPS) is 22.3. The van der Waals surface area contributed by atoms with Gasteiger partial charge in [0.15, 0.2) is 5.65 Å². The van der Waals surface area contributed by atoms with Gasteiger partial charge in [0.2, 0.25) is 0 Å². The number of aliphatic hydroxyl groups excluding tert-OH is 1. The van der Waals surface area contributed by atoms with Gasteiger partial charge >= 0.3 is 0 Å². The standard InChI is InChI=1S/C13H17N5O2/c1-8-2-3-18-12(17-8)10(6-16-18)13(20)15-5-9-4-14-7-11(9)19/h2-3,6,9,11,14,19H,4-5,7H2,1H3,(H,15,20). The minimum Gasteiger partial charge on any atom is -0.391 e. The van der Waals surface area contributed by atoms with Crippen LogP contribution in [0.2, 0.25) is 0 Å². The molecule has 1 saturated heterocycles. The third-order valence-electron chi connectivity index (χ3n) is 3.58. The van der Waals surface area contributed by atoms with Gasteiger partial charge in [-0.25, -0.2) is 9.50 Å². The topological polar surface area (TPSA) is 91.6 Å². The van der Waals surface area contributed by atoms with E-state index < -0.39 is 6.10 Å². The summed E-state index contributed by atoms with van der Waals surface area (Å²) in [5.41, 5.74) is 1.84. The van der Waals surface area contributed by atoms with Crippen molar-refractivity contribution < 1.29 is 9.90 Å². The van der Waals surface area contributed by atoms with Crippen LogP contribution in [-0.2, 0) is 0 Å². The number of hydrogen-bond acceptors (Lipinski definition) is 5. The molecule has 3 heterocycles. The molecule has 7 nitrogen and oxygen atoms in total. The number of nitrogens with one attached hydrogen (secondary N) is 2. The van der Waals surface area contributed by atoms with E-state index in [4.69, 9.17) is 0 Å². The summed E-state index contributed by atoms with van der Waals surface area (Å²) in [6, 6.07) is 1.84. The Bertz CT molecular complexity index is 639. The van der Waals surface area contributed by atoms with Crippen LogP contribution in [-0.4, -0.2) is 51.4 Å². The van der Waals surface area contributed by atoms with Crippen LogP contribution in [0, 0.1) is 12.8 Å². The number of rotatable bonds is 3. The van der Waals surface area contributed by atoms with E-state index in [1.807, 2.05) is 13.0 Å². The third-order valence-corrected chi connectivity index (χ3v) is 3.58. The number of aryl methyl sites for hydroxylation is 1. The SMILES string of the molecule is Cc1ccn2ncc(C(=O)NCC3CNCC3O)c2n1. The molecule has 2 aromatic rings. The highest BCUT2D eigenvalue weighted by Crippen LogP contribution is 2.10. The summed E-state index contributed by atoms with van der Waals surface area (Å²) in [5, 5.41) is 19.7. The fourth-order valence-electron chi connectivity index (χ4n) is 2.37. The van der Waals surface area contributed by atoms with Crippen LogP contribution in [0.4, 0.5) is 0 Å². The van der Waals surface area contributed by atoms with Crippen LogP contribution in [0.15, 0.2) is 18.5 Å². The van der Waals surface area contributed by atoms with Crippen molar-refractivity contribution in [3.8, 4) is 0 Å². The fraction of sp³-hybridized carbons (Fsp3) is 0.462. The minimum atomic E-state index is -0.403. The maximum absolute atomic E-state index is 12.2. The number of amides is 1. The van der Waals surface area contributed by atoms with E-state index in [1.165, 1.54) is 6.20 Å². The number of β-amino-alcohol motifs (C(OH)–C–C–N with tert-alkyl or cyclic N) is 1. The smallest absolute Gasteiger partial charge is 0.256 e. The summed E-state index contributed by atoms with van der Waals surface area (Å²) < 4.78 is 1.58. The Labute approximate surface area is 116 Å². The lowest BCUT2D eigenvalue weighted by Crippen LogP contribution is -2.34. The van der Waals surface area contributed by atoms with Gasteiger partial charge in [-0.2, -0.15) is 5.10 Å². The number of aromatic nitrogens is 3. The molecule has 0 saturated carbocycles. The van der Waals surface area contributed by atoms with Crippen molar-refractivity contribution in [2.75, 3.05) is 19.6 Å². The molecule has 3 rings (SSSR count). The summed E-state index contributed by atoms with van der Waals surface area (Å²) in [7, 11) is 0. The quantitative estimate of drug-likeness (QED) is 0.692. The first-order chi connectivity index (χ1) is 9.65. The van der Waals surface area contributed by atoms with Crippen molar-refractivity contribution in [2.24, 2.45) is 5.92 Å². The Balaban J connectivity index is 1.74. The number of nitrogens with zero attached hydrogens (tertiary/aromatic N) is 3. The zero-order valence-electron chi connectivity index (χ0n) is 11.2. The van der Waals surface area contributed by atoms with Crippen LogP contribution in [0.3, 0.4) is 0 Å². The van der Waals surface area contributed by atoms with Gasteiger partial charge < -0.3 is 15.7 Å². The highest BCUT2D eigenvalue weighted by molar-refractivity contribution is 5.99. The highest BCUT2D eigenvalue weighted by atomic mass is 16.3. The van der Waals surface area contributed by atoms with E-state index in [0.717, 1.165) is 5.69 Å². The molecule has 0 radical (unpaired) electrons. The maximum atomic E-state index is 12.2. The monoisotopic (exact) mass is 275 g/mol. The summed E-state index contributed by atoms with van der Waals surface area (Å²) in [5.74, 6) is -0.160. The van der Waals surface area contributed by atoms with E-state index >= 15 is 0 Å². The average molecular weight is 275 g/mol. The number of carbonyl (C=O) groups excluding carboxylic acids is 1. The molecule has 2 atom stereocenters. The number of fused-ring (bicyclic) bond motifs is 1. The summed E-state index contributed by atoms with van der Waals surface area (Å²) in [6.07, 6.45) is 2.89. The van der Waals surface area contributed by atoms with Crippen molar-refractivity contribution in [3.63, 3.8) is 0 Å². The van der Waals surface area contributed by atoms with E-state index in [2.05, 4.69) is 20.7 Å². The van der Waals surface area contributed by atoms with Gasteiger partial charge in [-0.05, 0) is 13.0 Å². The molecule has 1 aliphatic rings. The van der Waals surface area contributed by atoms with Crippen LogP contribution in [0.25, 0.3) is 5.65 Å². The van der Waals surface area contributed by atoms with Gasteiger partial charge in [0.25, 0.3) is 5.91 Å². The lowest BCUT2D eigenvalue weighted by Gasteiger charge is -2.13. The summed E-state index contributed by atoms with van der Waals surface area (Å²) >= 11 is 0. The number of aliphatic hydroxyl groups is 1. The summed E-state index contributed by atoms with van der Waals surface area (Å²) in [6.45, 7) is 3.61. The van der Waals surface area contributed by atoms with Crippen LogP contribution < -0.4 is 10.6 Å². The molecule has 2 aromatic heterocycles. The van der Waals surface area contributed by atoms with Crippen molar-refractivity contribution in [3.05, 3.63) is 29.7 Å². The van der Waals surface area contributed by atoms with Gasteiger partial charge in [-0.1, -0.05) is 0 Å². The first-order valence-corrected chi connectivity index (χ1v) is 6.63. The molecule has 106 valence electrons. The van der Waals surface area contributed by atoms with Gasteiger partial charge in [0.05, 0.1) is 12.3 Å². The Morgan fingerprint density at radius 3 is 3.20 bits per heavy atom. The first kappa shape index (κ1) is 13.0.